The molecule has 2 heterocycles. The van der Waals surface area contributed by atoms with Crippen molar-refractivity contribution in [3.05, 3.63) is 35.4 Å². The van der Waals surface area contributed by atoms with Gasteiger partial charge in [-0.1, -0.05) is 37.5 Å². The van der Waals surface area contributed by atoms with Gasteiger partial charge in [0.15, 0.2) is 11.5 Å². The minimum atomic E-state index is -0.916. The van der Waals surface area contributed by atoms with Crippen molar-refractivity contribution in [3.63, 3.8) is 0 Å². The molecule has 0 unspecified atom stereocenters. The second-order valence-electron chi connectivity index (χ2n) is 12.2. The summed E-state index contributed by atoms with van der Waals surface area (Å²) >= 11 is 0. The van der Waals surface area contributed by atoms with E-state index in [4.69, 9.17) is 4.74 Å². The van der Waals surface area contributed by atoms with Gasteiger partial charge in [-0.05, 0) is 62.6 Å². The zero-order valence-corrected chi connectivity index (χ0v) is 20.8. The number of carbonyl (C=O) groups excluding carboxylic acids is 1. The first kappa shape index (κ1) is 22.2. The standard InChI is InChI=1S/C29H38N2O4/c1-30(24(33)15-18-5-3-2-4-6-18)21-11-12-29(34)23-16-20-9-10-22(32)26-25(20)28(29,27(21)35-26)13-14-31(23)17-19-7-8-19/h7-10,18-19,21,23,27,32,34H,2-6,11-17H2,1H3/t21-,23+,27-,28-,29+/m0/s1. The number of carbonyl (C=O) groups is 1. The van der Waals surface area contributed by atoms with Gasteiger partial charge >= 0.3 is 0 Å². The summed E-state index contributed by atoms with van der Waals surface area (Å²) in [6.45, 7) is 1.88. The molecule has 0 radical (unpaired) electrons. The largest absolute Gasteiger partial charge is 0.504 e. The smallest absolute Gasteiger partial charge is 0.222 e. The van der Waals surface area contributed by atoms with Gasteiger partial charge in [-0.3, -0.25) is 9.69 Å². The molecule has 6 nitrogen and oxygen atoms in total. The Morgan fingerprint density at radius 2 is 1.97 bits per heavy atom. The number of hydrogen-bond acceptors (Lipinski definition) is 5. The molecule has 2 bridgehead atoms. The normalized spacial score (nSPS) is 37.6. The third-order valence-electron chi connectivity index (χ3n) is 10.5. The van der Waals surface area contributed by atoms with Gasteiger partial charge in [0.1, 0.15) is 6.10 Å². The fourth-order valence-corrected chi connectivity index (χ4v) is 8.66. The fourth-order valence-electron chi connectivity index (χ4n) is 8.66. The molecule has 1 spiro atoms. The number of ether oxygens (including phenoxy) is 1. The highest BCUT2D eigenvalue weighted by molar-refractivity contribution is 5.77. The van der Waals surface area contributed by atoms with E-state index >= 15 is 0 Å². The quantitative estimate of drug-likeness (QED) is 0.634. The van der Waals surface area contributed by atoms with Crippen LogP contribution in [0.25, 0.3) is 0 Å². The van der Waals surface area contributed by atoms with Crippen LogP contribution in [-0.4, -0.2) is 69.8 Å². The molecule has 1 amide bonds. The van der Waals surface area contributed by atoms with Crippen molar-refractivity contribution < 1.29 is 19.7 Å². The molecule has 6 aliphatic rings. The third-order valence-corrected chi connectivity index (χ3v) is 10.5. The van der Waals surface area contributed by atoms with E-state index < -0.39 is 11.0 Å². The summed E-state index contributed by atoms with van der Waals surface area (Å²) in [5, 5.41) is 23.4. The lowest BCUT2D eigenvalue weighted by Crippen LogP contribution is -2.78. The van der Waals surface area contributed by atoms with Gasteiger partial charge in [0.2, 0.25) is 5.91 Å². The number of phenols is 1. The van der Waals surface area contributed by atoms with E-state index in [9.17, 15) is 15.0 Å². The lowest BCUT2D eigenvalue weighted by atomic mass is 9.48. The highest BCUT2D eigenvalue weighted by Gasteiger charge is 2.73. The van der Waals surface area contributed by atoms with Crippen molar-refractivity contribution >= 4 is 5.91 Å². The van der Waals surface area contributed by atoms with Gasteiger partial charge in [0, 0.05) is 37.5 Å². The van der Waals surface area contributed by atoms with Crippen molar-refractivity contribution in [2.24, 2.45) is 11.8 Å². The number of benzene rings is 1. The van der Waals surface area contributed by atoms with E-state index in [0.717, 1.165) is 50.8 Å². The van der Waals surface area contributed by atoms with Crippen LogP contribution in [-0.2, 0) is 16.6 Å². The van der Waals surface area contributed by atoms with Gasteiger partial charge in [0.25, 0.3) is 0 Å². The molecule has 1 aromatic rings. The number of phenolic OH excluding ortho intramolecular Hbond substituents is 1. The van der Waals surface area contributed by atoms with Gasteiger partial charge in [-0.25, -0.2) is 0 Å². The summed E-state index contributed by atoms with van der Waals surface area (Å²) in [4.78, 5) is 17.9. The summed E-state index contributed by atoms with van der Waals surface area (Å²) < 4.78 is 6.64. The first-order chi connectivity index (χ1) is 16.9. The maximum absolute atomic E-state index is 13.5. The molecule has 4 aliphatic carbocycles. The van der Waals surface area contributed by atoms with Crippen LogP contribution < -0.4 is 4.74 Å². The van der Waals surface area contributed by atoms with E-state index in [1.807, 2.05) is 18.0 Å². The Hall–Kier alpha value is -2.05. The van der Waals surface area contributed by atoms with Crippen molar-refractivity contribution in [1.29, 1.82) is 0 Å². The summed E-state index contributed by atoms with van der Waals surface area (Å²) in [7, 11) is 1.94. The molecular formula is C29H38N2O4. The third kappa shape index (κ3) is 3.05. The number of amides is 1. The molecule has 2 aliphatic heterocycles. The molecule has 6 heteroatoms. The van der Waals surface area contributed by atoms with Crippen LogP contribution in [0.1, 0.15) is 68.9 Å². The first-order valence-electron chi connectivity index (χ1n) is 13.8. The van der Waals surface area contributed by atoms with Crippen LogP contribution in [0.4, 0.5) is 0 Å². The van der Waals surface area contributed by atoms with E-state index in [-0.39, 0.29) is 29.8 Å². The van der Waals surface area contributed by atoms with Crippen LogP contribution in [0.5, 0.6) is 11.5 Å². The Morgan fingerprint density at radius 3 is 2.74 bits per heavy atom. The summed E-state index contributed by atoms with van der Waals surface area (Å²) in [5.74, 6) is 1.94. The van der Waals surface area contributed by atoms with Gasteiger partial charge in [-0.2, -0.15) is 0 Å². The predicted molar refractivity (Wildman–Crippen MR) is 132 cm³/mol. The maximum atomic E-state index is 13.5. The topological polar surface area (TPSA) is 73.2 Å². The van der Waals surface area contributed by atoms with Gasteiger partial charge in [-0.15, -0.1) is 0 Å². The fraction of sp³-hybridized carbons (Fsp3) is 0.690. The molecule has 1 aromatic carbocycles. The Balaban J connectivity index is 1.25. The lowest BCUT2D eigenvalue weighted by Gasteiger charge is -2.64. The Labute approximate surface area is 207 Å². The van der Waals surface area contributed by atoms with E-state index in [2.05, 4.69) is 17.1 Å². The maximum Gasteiger partial charge on any atom is 0.222 e. The number of likely N-dealkylation sites (tertiary alicyclic amines) is 1. The average Bonchev–Trinajstić information content (AvgIpc) is 3.60. The molecule has 2 N–H and O–H groups in total. The number of nitrogens with zero attached hydrogens (tertiary/aromatic N) is 2. The molecule has 3 fully saturated rings. The SMILES string of the molecule is CN(C(=O)CC1CCCCC1)[C@H]1CC[C@@]2(O)[C@H]3Cc4ccc(O)c5c4[C@@]2(CCN3CC2C=C2)[C@H]1O5. The molecule has 7 rings (SSSR count). The van der Waals surface area contributed by atoms with E-state index in [0.29, 0.717) is 30.4 Å². The number of likely N-dealkylation sites (N-methyl/N-ethyl adjacent to an activating group) is 1. The molecule has 2 saturated carbocycles. The zero-order valence-electron chi connectivity index (χ0n) is 20.8. The lowest BCUT2D eigenvalue weighted by molar-refractivity contribution is -0.200. The summed E-state index contributed by atoms with van der Waals surface area (Å²) in [6, 6.07) is 3.73. The van der Waals surface area contributed by atoms with Crippen LogP contribution in [0.15, 0.2) is 24.3 Å². The Kier molecular flexibility index (Phi) is 4.89. The van der Waals surface area contributed by atoms with Crippen molar-refractivity contribution in [1.82, 2.24) is 9.80 Å². The second-order valence-corrected chi connectivity index (χ2v) is 12.2. The van der Waals surface area contributed by atoms with Crippen molar-refractivity contribution in [2.75, 3.05) is 20.1 Å². The number of hydrogen-bond donors (Lipinski definition) is 2. The van der Waals surface area contributed by atoms with Crippen LogP contribution >= 0.6 is 0 Å². The minimum absolute atomic E-state index is 0.0388. The first-order valence-corrected chi connectivity index (χ1v) is 13.8. The molecule has 188 valence electrons. The number of rotatable bonds is 5. The highest BCUT2D eigenvalue weighted by atomic mass is 16.5. The number of aromatic hydroxyl groups is 1. The van der Waals surface area contributed by atoms with Gasteiger partial charge in [0.05, 0.1) is 17.1 Å². The van der Waals surface area contributed by atoms with Crippen LogP contribution in [0.2, 0.25) is 0 Å². The number of aliphatic hydroxyl groups is 1. The average molecular weight is 479 g/mol. The molecular weight excluding hydrogens is 440 g/mol. The Bertz CT molecular complexity index is 1070. The Morgan fingerprint density at radius 1 is 1.17 bits per heavy atom. The molecule has 5 atom stereocenters. The van der Waals surface area contributed by atoms with Gasteiger partial charge < -0.3 is 19.8 Å². The highest BCUT2D eigenvalue weighted by Crippen LogP contribution is 2.66. The van der Waals surface area contributed by atoms with E-state index in [1.54, 1.807) is 6.07 Å². The monoisotopic (exact) mass is 478 g/mol. The van der Waals surface area contributed by atoms with Crippen molar-refractivity contribution in [3.8, 4) is 11.5 Å². The summed E-state index contributed by atoms with van der Waals surface area (Å²) in [6.07, 6.45) is 13.8. The predicted octanol–water partition coefficient (Wildman–Crippen LogP) is 3.53. The van der Waals surface area contributed by atoms with E-state index in [1.165, 1.54) is 24.8 Å². The molecule has 0 aromatic heterocycles. The molecule has 1 saturated heterocycles. The summed E-state index contributed by atoms with van der Waals surface area (Å²) in [5.41, 5.74) is 0.735. The zero-order chi connectivity index (χ0) is 23.9. The van der Waals surface area contributed by atoms with Crippen molar-refractivity contribution in [2.45, 2.75) is 93.4 Å². The van der Waals surface area contributed by atoms with Crippen LogP contribution in [0, 0.1) is 11.8 Å². The minimum Gasteiger partial charge on any atom is -0.504 e. The number of piperidine rings is 1. The second kappa shape index (κ2) is 7.72. The molecule has 35 heavy (non-hydrogen) atoms. The van der Waals surface area contributed by atoms with Crippen LogP contribution in [0.3, 0.4) is 0 Å².